The molecule has 1 atom stereocenters. The molecule has 0 amide bonds. The van der Waals surface area contributed by atoms with E-state index in [0.29, 0.717) is 29.4 Å². The second-order valence-corrected chi connectivity index (χ2v) is 8.23. The Bertz CT molecular complexity index is 1340. The molecule has 0 fully saturated rings. The van der Waals surface area contributed by atoms with Crippen LogP contribution in [0.15, 0.2) is 36.5 Å². The fourth-order valence-electron chi connectivity index (χ4n) is 4.22. The summed E-state index contributed by atoms with van der Waals surface area (Å²) in [6, 6.07) is 8.43. The van der Waals surface area contributed by atoms with Gasteiger partial charge in [-0.05, 0) is 51.1 Å². The normalized spacial score (nSPS) is 15.1. The Kier molecular flexibility index (Phi) is 4.89. The van der Waals surface area contributed by atoms with E-state index in [2.05, 4.69) is 10.1 Å². The molecule has 1 aromatic carbocycles. The van der Waals surface area contributed by atoms with Crippen molar-refractivity contribution in [3.05, 3.63) is 70.0 Å². The molecular weight excluding hydrogens is 431 g/mol. The number of anilines is 1. The van der Waals surface area contributed by atoms with Crippen molar-refractivity contribution in [1.82, 2.24) is 24.5 Å². The van der Waals surface area contributed by atoms with Crippen LogP contribution in [0.1, 0.15) is 42.5 Å². The third-order valence-electron chi connectivity index (χ3n) is 5.68. The Morgan fingerprint density at radius 1 is 1.25 bits per heavy atom. The lowest BCUT2D eigenvalue weighted by Gasteiger charge is -2.22. The second-order valence-electron chi connectivity index (χ2n) is 7.87. The first kappa shape index (κ1) is 20.5. The number of nitrogen functional groups attached to an aromatic ring is 1. The van der Waals surface area contributed by atoms with Gasteiger partial charge in [0.1, 0.15) is 11.9 Å². The summed E-state index contributed by atoms with van der Waals surface area (Å²) in [6.45, 7) is 6.41. The Balaban J connectivity index is 1.84. The smallest absolute Gasteiger partial charge is 0.166 e. The van der Waals surface area contributed by atoms with E-state index < -0.39 is 6.10 Å². The zero-order chi connectivity index (χ0) is 22.6. The Morgan fingerprint density at radius 3 is 2.84 bits per heavy atom. The molecule has 3 aromatic heterocycles. The molecule has 4 heterocycles. The maximum Gasteiger partial charge on any atom is 0.166 e. The maximum atomic E-state index is 14.2. The number of aromatic nitrogens is 5. The predicted molar refractivity (Wildman–Crippen MR) is 121 cm³/mol. The molecule has 1 aliphatic rings. The number of nitrogens with two attached hydrogens (primary N) is 1. The minimum Gasteiger partial charge on any atom is -0.482 e. The zero-order valence-electron chi connectivity index (χ0n) is 17.9. The summed E-state index contributed by atoms with van der Waals surface area (Å²) in [5, 5.41) is 9.64. The molecule has 2 bridgehead atoms. The van der Waals surface area contributed by atoms with Gasteiger partial charge >= 0.3 is 0 Å². The molecular formula is C23H22ClFN6O. The maximum absolute atomic E-state index is 14.2. The van der Waals surface area contributed by atoms with Crippen molar-refractivity contribution < 1.29 is 9.13 Å². The van der Waals surface area contributed by atoms with E-state index in [1.165, 1.54) is 12.1 Å². The summed E-state index contributed by atoms with van der Waals surface area (Å²) < 4.78 is 24.1. The quantitative estimate of drug-likeness (QED) is 0.445. The van der Waals surface area contributed by atoms with Crippen LogP contribution in [0.5, 0.6) is 5.75 Å². The highest BCUT2D eigenvalue weighted by atomic mass is 35.5. The summed E-state index contributed by atoms with van der Waals surface area (Å²) >= 11 is 6.61. The molecule has 7 nitrogen and oxygen atoms in total. The van der Waals surface area contributed by atoms with Crippen LogP contribution >= 0.6 is 11.6 Å². The van der Waals surface area contributed by atoms with Crippen molar-refractivity contribution in [3.63, 3.8) is 0 Å². The van der Waals surface area contributed by atoms with Crippen molar-refractivity contribution >= 4 is 17.4 Å². The zero-order valence-corrected chi connectivity index (χ0v) is 18.7. The van der Waals surface area contributed by atoms with E-state index in [9.17, 15) is 4.39 Å². The highest BCUT2D eigenvalue weighted by Gasteiger charge is 2.25. The van der Waals surface area contributed by atoms with Crippen LogP contribution in [0.2, 0.25) is 5.15 Å². The fourth-order valence-corrected chi connectivity index (χ4v) is 4.47. The van der Waals surface area contributed by atoms with Crippen LogP contribution in [-0.2, 0) is 13.0 Å². The summed E-state index contributed by atoms with van der Waals surface area (Å²) in [5.41, 5.74) is 11.7. The summed E-state index contributed by atoms with van der Waals surface area (Å²) in [7, 11) is 0. The highest BCUT2D eigenvalue weighted by molar-refractivity contribution is 6.30. The molecule has 9 heteroatoms. The van der Waals surface area contributed by atoms with E-state index in [1.54, 1.807) is 12.3 Å². The third kappa shape index (κ3) is 3.31. The number of hydrogen-bond donors (Lipinski definition) is 1. The number of halogens is 2. The second kappa shape index (κ2) is 7.63. The average molecular weight is 453 g/mol. The van der Waals surface area contributed by atoms with Gasteiger partial charge in [-0.25, -0.2) is 14.1 Å². The third-order valence-corrected chi connectivity index (χ3v) is 5.98. The van der Waals surface area contributed by atoms with Crippen molar-refractivity contribution in [3.8, 4) is 22.7 Å². The van der Waals surface area contributed by atoms with Crippen LogP contribution < -0.4 is 10.5 Å². The van der Waals surface area contributed by atoms with Gasteiger partial charge in [0.15, 0.2) is 16.7 Å². The van der Waals surface area contributed by atoms with Gasteiger partial charge in [-0.15, -0.1) is 0 Å². The summed E-state index contributed by atoms with van der Waals surface area (Å²) in [5.74, 6) is 0.307. The molecule has 5 rings (SSSR count). The fraction of sp³-hybridized carbons (Fsp3) is 0.261. The van der Waals surface area contributed by atoms with Gasteiger partial charge in [0.25, 0.3) is 0 Å². The van der Waals surface area contributed by atoms with Crippen molar-refractivity contribution in [2.45, 2.75) is 39.8 Å². The molecule has 2 N–H and O–H groups in total. The largest absolute Gasteiger partial charge is 0.482 e. The molecule has 164 valence electrons. The SMILES string of the molecule is CCn1nc(Cl)c2c1-c1cnc(N)c(c1)OC(C)c1cc(F)ccc1-n1nc(C)cc1C2. The van der Waals surface area contributed by atoms with Crippen molar-refractivity contribution in [1.29, 1.82) is 0 Å². The summed E-state index contributed by atoms with van der Waals surface area (Å²) in [4.78, 5) is 4.35. The van der Waals surface area contributed by atoms with E-state index in [-0.39, 0.29) is 11.6 Å². The van der Waals surface area contributed by atoms with Gasteiger partial charge in [-0.2, -0.15) is 10.2 Å². The summed E-state index contributed by atoms with van der Waals surface area (Å²) in [6.07, 6.45) is 1.68. The number of benzene rings is 1. The standard InChI is InChI=1S/C23H22ClFN6O/c1-4-30-21-14-8-20(23(26)27-11-14)32-13(3)17-9-15(25)5-6-19(17)31-16(7-12(2)28-31)10-18(21)22(24)29-30/h5-9,11,13H,4,10H2,1-3H3,(H2,26,27). The Hall–Kier alpha value is -3.39. The minimum absolute atomic E-state index is 0.251. The van der Waals surface area contributed by atoms with E-state index in [1.807, 2.05) is 42.3 Å². The highest BCUT2D eigenvalue weighted by Crippen LogP contribution is 2.37. The van der Waals surface area contributed by atoms with Gasteiger partial charge in [0.2, 0.25) is 0 Å². The Labute approximate surface area is 189 Å². The number of nitrogens with zero attached hydrogens (tertiary/aromatic N) is 5. The Morgan fingerprint density at radius 2 is 2.06 bits per heavy atom. The van der Waals surface area contributed by atoms with Gasteiger partial charge in [0.05, 0.1) is 17.1 Å². The monoisotopic (exact) mass is 452 g/mol. The van der Waals surface area contributed by atoms with Gasteiger partial charge in [0, 0.05) is 41.5 Å². The van der Waals surface area contributed by atoms with Crippen molar-refractivity contribution in [2.75, 3.05) is 5.73 Å². The van der Waals surface area contributed by atoms with Gasteiger partial charge in [-0.1, -0.05) is 11.6 Å². The molecule has 0 aliphatic carbocycles. The first-order valence-corrected chi connectivity index (χ1v) is 10.8. The number of pyridine rings is 1. The number of hydrogen-bond acceptors (Lipinski definition) is 5. The van der Waals surface area contributed by atoms with Crippen molar-refractivity contribution in [2.24, 2.45) is 0 Å². The van der Waals surface area contributed by atoms with Crippen LogP contribution in [0, 0.1) is 12.7 Å². The van der Waals surface area contributed by atoms with Gasteiger partial charge in [-0.3, -0.25) is 4.68 Å². The predicted octanol–water partition coefficient (Wildman–Crippen LogP) is 4.88. The van der Waals surface area contributed by atoms with E-state index in [0.717, 1.165) is 33.9 Å². The molecule has 0 spiro atoms. The molecule has 32 heavy (non-hydrogen) atoms. The number of fused-ring (bicyclic) bond motifs is 7. The minimum atomic E-state index is -0.504. The molecule has 0 saturated heterocycles. The molecule has 0 saturated carbocycles. The molecule has 1 unspecified atom stereocenters. The van der Waals surface area contributed by atoms with Crippen LogP contribution in [0.4, 0.5) is 10.2 Å². The number of ether oxygens (including phenoxy) is 1. The average Bonchev–Trinajstić information content (AvgIpc) is 3.28. The van der Waals surface area contributed by atoms with Crippen LogP contribution in [-0.4, -0.2) is 24.5 Å². The van der Waals surface area contributed by atoms with E-state index >= 15 is 0 Å². The molecule has 0 radical (unpaired) electrons. The van der Waals surface area contributed by atoms with Crippen LogP contribution in [0.3, 0.4) is 0 Å². The van der Waals surface area contributed by atoms with Gasteiger partial charge < -0.3 is 10.5 Å². The number of rotatable bonds is 1. The lowest BCUT2D eigenvalue weighted by Crippen LogP contribution is -2.13. The topological polar surface area (TPSA) is 83.8 Å². The first-order chi connectivity index (χ1) is 15.4. The van der Waals surface area contributed by atoms with E-state index in [4.69, 9.17) is 27.2 Å². The number of aryl methyl sites for hydroxylation is 2. The molecule has 4 aromatic rings. The van der Waals surface area contributed by atoms with Crippen LogP contribution in [0.25, 0.3) is 16.9 Å². The lowest BCUT2D eigenvalue weighted by molar-refractivity contribution is 0.226. The lowest BCUT2D eigenvalue weighted by atomic mass is 10.0. The molecule has 1 aliphatic heterocycles. The first-order valence-electron chi connectivity index (χ1n) is 10.4.